The van der Waals surface area contributed by atoms with E-state index in [9.17, 15) is 9.90 Å². The Balaban J connectivity index is 1.77. The van der Waals surface area contributed by atoms with Crippen LogP contribution in [0.2, 0.25) is 0 Å². The van der Waals surface area contributed by atoms with Gasteiger partial charge in [0.25, 0.3) is 0 Å². The fourth-order valence-electron chi connectivity index (χ4n) is 4.77. The van der Waals surface area contributed by atoms with Crippen LogP contribution in [0.4, 0.5) is 0 Å². The molecule has 1 fully saturated rings. The smallest absolute Gasteiger partial charge is 0.202 e. The van der Waals surface area contributed by atoms with Crippen LogP contribution in [0.25, 0.3) is 21.5 Å². The summed E-state index contributed by atoms with van der Waals surface area (Å²) in [7, 11) is 2.13. The Morgan fingerprint density at radius 2 is 1.91 bits per heavy atom. The lowest BCUT2D eigenvalue weighted by atomic mass is 9.91. The van der Waals surface area contributed by atoms with Crippen LogP contribution in [0, 0.1) is 6.92 Å². The molecule has 0 amide bonds. The molecule has 7 heteroatoms. The topological polar surface area (TPSA) is 69.8 Å². The van der Waals surface area contributed by atoms with Gasteiger partial charge in [-0.15, -0.1) is 11.3 Å². The molecule has 4 aromatic rings. The Kier molecular flexibility index (Phi) is 6.25. The standard InChI is InChI=1S/C27H29N3O3S/c1-4-18-14-20-25(32)21(27-28-17(2)16-34-27)15-33-26(20)22(24(18)31)23(19-8-6-5-7-9-19)30-12-10-29(3)11-13-30/h5-9,14-16,23,31H,4,10-13H2,1-3H3/t23-/m1/s1. The monoisotopic (exact) mass is 475 g/mol. The maximum Gasteiger partial charge on any atom is 0.202 e. The molecule has 2 aromatic carbocycles. The molecule has 1 saturated heterocycles. The minimum atomic E-state index is -0.222. The number of fused-ring (bicyclic) bond motifs is 1. The number of aromatic nitrogens is 1. The number of thiazole rings is 1. The summed E-state index contributed by atoms with van der Waals surface area (Å²) in [6.45, 7) is 7.49. The number of hydrogen-bond acceptors (Lipinski definition) is 7. The predicted molar refractivity (Wildman–Crippen MR) is 137 cm³/mol. The molecule has 2 aromatic heterocycles. The van der Waals surface area contributed by atoms with Gasteiger partial charge in [-0.05, 0) is 37.6 Å². The zero-order chi connectivity index (χ0) is 23.8. The van der Waals surface area contributed by atoms with Gasteiger partial charge in [0.05, 0.1) is 22.6 Å². The van der Waals surface area contributed by atoms with E-state index < -0.39 is 0 Å². The number of piperazine rings is 1. The Labute approximate surface area is 203 Å². The molecular formula is C27H29N3O3S. The Morgan fingerprint density at radius 1 is 1.18 bits per heavy atom. The van der Waals surface area contributed by atoms with Crippen LogP contribution in [0.3, 0.4) is 0 Å². The van der Waals surface area contributed by atoms with E-state index in [0.29, 0.717) is 33.5 Å². The number of aromatic hydroxyl groups is 1. The highest BCUT2D eigenvalue weighted by atomic mass is 32.1. The lowest BCUT2D eigenvalue weighted by Gasteiger charge is -2.38. The van der Waals surface area contributed by atoms with Crippen LogP contribution < -0.4 is 5.43 Å². The van der Waals surface area contributed by atoms with Crippen molar-refractivity contribution in [1.82, 2.24) is 14.8 Å². The Bertz CT molecular complexity index is 1370. The maximum atomic E-state index is 13.7. The molecule has 1 aliphatic rings. The van der Waals surface area contributed by atoms with E-state index in [-0.39, 0.29) is 17.2 Å². The molecule has 1 N–H and O–H groups in total. The Hall–Kier alpha value is -3.00. The third-order valence-corrected chi connectivity index (χ3v) is 7.67. The predicted octanol–water partition coefficient (Wildman–Crippen LogP) is 4.83. The summed E-state index contributed by atoms with van der Waals surface area (Å²) in [6, 6.07) is 11.7. The summed E-state index contributed by atoms with van der Waals surface area (Å²) in [5.41, 5.74) is 4.15. The second-order valence-corrected chi connectivity index (χ2v) is 9.81. The molecule has 176 valence electrons. The third-order valence-electron chi connectivity index (χ3n) is 6.67. The molecule has 34 heavy (non-hydrogen) atoms. The van der Waals surface area contributed by atoms with Gasteiger partial charge in [-0.1, -0.05) is 37.3 Å². The molecule has 0 bridgehead atoms. The molecule has 6 nitrogen and oxygen atoms in total. The molecule has 1 aliphatic heterocycles. The van der Waals surface area contributed by atoms with Crippen molar-refractivity contribution in [1.29, 1.82) is 0 Å². The van der Waals surface area contributed by atoms with Crippen LogP contribution in [-0.4, -0.2) is 53.1 Å². The van der Waals surface area contributed by atoms with E-state index in [0.717, 1.165) is 43.0 Å². The molecule has 0 aliphatic carbocycles. The highest BCUT2D eigenvalue weighted by Gasteiger charge is 2.32. The number of benzene rings is 2. The van der Waals surface area contributed by atoms with E-state index in [4.69, 9.17) is 4.42 Å². The van der Waals surface area contributed by atoms with Crippen molar-refractivity contribution in [3.8, 4) is 16.3 Å². The van der Waals surface area contributed by atoms with Gasteiger partial charge in [0.15, 0.2) is 0 Å². The zero-order valence-corrected chi connectivity index (χ0v) is 20.6. The highest BCUT2D eigenvalue weighted by Crippen LogP contribution is 2.42. The number of hydrogen-bond donors (Lipinski definition) is 1. The van der Waals surface area contributed by atoms with Crippen molar-refractivity contribution < 1.29 is 9.52 Å². The van der Waals surface area contributed by atoms with E-state index in [1.807, 2.05) is 37.4 Å². The second kappa shape index (κ2) is 9.33. The molecule has 1 atom stereocenters. The van der Waals surface area contributed by atoms with E-state index in [2.05, 4.69) is 34.0 Å². The van der Waals surface area contributed by atoms with Gasteiger partial charge in [0.1, 0.15) is 22.6 Å². The summed E-state index contributed by atoms with van der Waals surface area (Å²) in [5, 5.41) is 14.5. The summed E-state index contributed by atoms with van der Waals surface area (Å²) in [5.74, 6) is 0.212. The van der Waals surface area contributed by atoms with Gasteiger partial charge in [-0.2, -0.15) is 0 Å². The fraction of sp³-hybridized carbons (Fsp3) is 0.333. The van der Waals surface area contributed by atoms with Crippen LogP contribution in [-0.2, 0) is 6.42 Å². The van der Waals surface area contributed by atoms with Crippen molar-refractivity contribution in [2.75, 3.05) is 33.2 Å². The van der Waals surface area contributed by atoms with Gasteiger partial charge < -0.3 is 14.4 Å². The molecule has 5 rings (SSSR count). The first-order valence-corrected chi connectivity index (χ1v) is 12.6. The third kappa shape index (κ3) is 4.04. The van der Waals surface area contributed by atoms with Crippen LogP contribution in [0.15, 0.2) is 57.3 Å². The molecule has 0 spiro atoms. The summed E-state index contributed by atoms with van der Waals surface area (Å²) >= 11 is 1.44. The first-order valence-electron chi connectivity index (χ1n) is 11.7. The highest BCUT2D eigenvalue weighted by molar-refractivity contribution is 7.13. The normalized spacial score (nSPS) is 16.2. The van der Waals surface area contributed by atoms with Crippen LogP contribution in [0.1, 0.15) is 35.3 Å². The molecule has 0 radical (unpaired) electrons. The quantitative estimate of drug-likeness (QED) is 0.446. The number of rotatable bonds is 5. The van der Waals surface area contributed by atoms with Gasteiger partial charge in [0, 0.05) is 37.3 Å². The van der Waals surface area contributed by atoms with Crippen molar-refractivity contribution in [2.45, 2.75) is 26.3 Å². The number of aryl methyl sites for hydroxylation is 2. The lowest BCUT2D eigenvalue weighted by molar-refractivity contribution is 0.126. The van der Waals surface area contributed by atoms with E-state index in [1.165, 1.54) is 17.6 Å². The van der Waals surface area contributed by atoms with Crippen molar-refractivity contribution in [3.63, 3.8) is 0 Å². The van der Waals surface area contributed by atoms with Gasteiger partial charge in [0.2, 0.25) is 5.43 Å². The lowest BCUT2D eigenvalue weighted by Crippen LogP contribution is -2.46. The van der Waals surface area contributed by atoms with E-state index in [1.54, 1.807) is 6.07 Å². The van der Waals surface area contributed by atoms with Crippen LogP contribution >= 0.6 is 11.3 Å². The van der Waals surface area contributed by atoms with Gasteiger partial charge in [-0.25, -0.2) is 4.98 Å². The summed E-state index contributed by atoms with van der Waals surface area (Å²) in [6.07, 6.45) is 2.11. The average Bonchev–Trinajstić information content (AvgIpc) is 3.28. The summed E-state index contributed by atoms with van der Waals surface area (Å²) in [4.78, 5) is 22.8. The van der Waals surface area contributed by atoms with Crippen molar-refractivity contribution in [3.05, 3.63) is 80.6 Å². The van der Waals surface area contributed by atoms with Gasteiger partial charge in [-0.3, -0.25) is 9.69 Å². The second-order valence-electron chi connectivity index (χ2n) is 8.95. The number of likely N-dealkylation sites (N-methyl/N-ethyl adjacent to an activating group) is 1. The largest absolute Gasteiger partial charge is 0.507 e. The Morgan fingerprint density at radius 3 is 2.56 bits per heavy atom. The fourth-order valence-corrected chi connectivity index (χ4v) is 5.57. The maximum absolute atomic E-state index is 13.7. The van der Waals surface area contributed by atoms with Crippen LogP contribution in [0.5, 0.6) is 5.75 Å². The molecular weight excluding hydrogens is 446 g/mol. The first kappa shape index (κ1) is 22.8. The van der Waals surface area contributed by atoms with Crippen molar-refractivity contribution >= 4 is 22.3 Å². The number of phenols is 1. The summed E-state index contributed by atoms with van der Waals surface area (Å²) < 4.78 is 6.18. The van der Waals surface area contributed by atoms with Crippen molar-refractivity contribution in [2.24, 2.45) is 0 Å². The number of nitrogens with zero attached hydrogens (tertiary/aromatic N) is 3. The zero-order valence-electron chi connectivity index (χ0n) is 19.7. The minimum absolute atomic E-state index is 0.114. The number of phenolic OH excluding ortho intramolecular Hbond substituents is 1. The molecule has 0 saturated carbocycles. The molecule has 3 heterocycles. The minimum Gasteiger partial charge on any atom is -0.507 e. The van der Waals surface area contributed by atoms with E-state index >= 15 is 0 Å². The average molecular weight is 476 g/mol. The van der Waals surface area contributed by atoms with Gasteiger partial charge >= 0.3 is 0 Å². The molecule has 0 unspecified atom stereocenters. The first-order chi connectivity index (χ1) is 16.5. The SMILES string of the molecule is CCc1cc2c(=O)c(-c3nc(C)cs3)coc2c([C@@H](c2ccccc2)N2CCN(C)CC2)c1O.